The number of amides is 1. The van der Waals surface area contributed by atoms with E-state index in [-0.39, 0.29) is 12.6 Å². The van der Waals surface area contributed by atoms with Crippen LogP contribution in [-0.4, -0.2) is 31.7 Å². The molecule has 1 heterocycles. The zero-order chi connectivity index (χ0) is 21.7. The first kappa shape index (κ1) is 20.7. The van der Waals surface area contributed by atoms with Crippen LogP contribution in [0.15, 0.2) is 42.5 Å². The number of carbonyl (C=O) groups is 2. The number of esters is 1. The Bertz CT molecular complexity index is 1000. The van der Waals surface area contributed by atoms with Gasteiger partial charge in [0, 0.05) is 5.69 Å². The summed E-state index contributed by atoms with van der Waals surface area (Å²) in [4.78, 5) is 25.4. The number of carbonyl (C=O) groups excluding carboxylic acids is 2. The highest BCUT2D eigenvalue weighted by molar-refractivity contribution is 5.94. The van der Waals surface area contributed by atoms with Crippen LogP contribution in [0.3, 0.4) is 0 Å². The lowest BCUT2D eigenvalue weighted by molar-refractivity contribution is -0.153. The minimum atomic E-state index is -0.769. The number of rotatable bonds is 6. The Labute approximate surface area is 180 Å². The molecule has 1 N–H and O–H groups in total. The number of anilines is 1. The first-order chi connectivity index (χ1) is 15.1. The molecule has 1 amide bonds. The number of nitriles is 1. The molecule has 1 saturated carbocycles. The molecule has 31 heavy (non-hydrogen) atoms. The number of ether oxygens (including phenoxy) is 3. The predicted molar refractivity (Wildman–Crippen MR) is 113 cm³/mol. The van der Waals surface area contributed by atoms with Gasteiger partial charge in [0.25, 0.3) is 5.91 Å². The van der Waals surface area contributed by atoms with Crippen LogP contribution in [0.2, 0.25) is 0 Å². The van der Waals surface area contributed by atoms with E-state index in [0.717, 1.165) is 24.0 Å². The van der Waals surface area contributed by atoms with Gasteiger partial charge in [-0.1, -0.05) is 31.0 Å². The monoisotopic (exact) mass is 420 g/mol. The average Bonchev–Trinajstić information content (AvgIpc) is 3.30. The molecule has 0 spiro atoms. The first-order valence-electron chi connectivity index (χ1n) is 10.4. The van der Waals surface area contributed by atoms with E-state index >= 15 is 0 Å². The van der Waals surface area contributed by atoms with E-state index in [0.29, 0.717) is 49.7 Å². The lowest BCUT2D eigenvalue weighted by Gasteiger charge is -2.28. The number of hydrogen-bond donors (Lipinski definition) is 1. The summed E-state index contributed by atoms with van der Waals surface area (Å²) in [5.74, 6) is 0.523. The zero-order valence-corrected chi connectivity index (χ0v) is 17.2. The third kappa shape index (κ3) is 4.48. The highest BCUT2D eigenvalue weighted by atomic mass is 16.6. The molecule has 0 saturated heterocycles. The van der Waals surface area contributed by atoms with Crippen molar-refractivity contribution in [1.82, 2.24) is 0 Å². The number of benzene rings is 2. The third-order valence-corrected chi connectivity index (χ3v) is 5.80. The zero-order valence-electron chi connectivity index (χ0n) is 17.2. The Morgan fingerprint density at radius 1 is 1.03 bits per heavy atom. The molecule has 0 unspecified atom stereocenters. The maximum absolute atomic E-state index is 13.1. The van der Waals surface area contributed by atoms with Gasteiger partial charge < -0.3 is 19.5 Å². The standard InChI is InChI=1S/C24H24N2O5/c25-12-9-17-3-6-19(7-4-17)26-22(27)16-31-23(28)24(10-1-2-11-24)18-5-8-20-21(15-18)30-14-13-29-20/h3-8,15H,1-2,9-11,13-14,16H2,(H,26,27). The minimum Gasteiger partial charge on any atom is -0.486 e. The third-order valence-electron chi connectivity index (χ3n) is 5.80. The first-order valence-corrected chi connectivity index (χ1v) is 10.4. The molecule has 1 aliphatic carbocycles. The highest BCUT2D eigenvalue weighted by Gasteiger charge is 2.45. The SMILES string of the molecule is N#CCc1ccc(NC(=O)COC(=O)C2(c3ccc4c(c3)OCCO4)CCCC2)cc1. The lowest BCUT2D eigenvalue weighted by atomic mass is 9.78. The van der Waals surface area contributed by atoms with Crippen LogP contribution < -0.4 is 14.8 Å². The summed E-state index contributed by atoms with van der Waals surface area (Å²) >= 11 is 0. The van der Waals surface area contributed by atoms with E-state index in [1.807, 2.05) is 18.2 Å². The van der Waals surface area contributed by atoms with Gasteiger partial charge in [0.05, 0.1) is 17.9 Å². The summed E-state index contributed by atoms with van der Waals surface area (Å²) in [7, 11) is 0. The van der Waals surface area contributed by atoms with Gasteiger partial charge in [-0.3, -0.25) is 9.59 Å². The number of hydrogen-bond acceptors (Lipinski definition) is 6. The van der Waals surface area contributed by atoms with Crippen molar-refractivity contribution in [2.75, 3.05) is 25.1 Å². The summed E-state index contributed by atoms with van der Waals surface area (Å²) in [6.45, 7) is 0.631. The Morgan fingerprint density at radius 2 is 1.74 bits per heavy atom. The smallest absolute Gasteiger partial charge is 0.317 e. The highest BCUT2D eigenvalue weighted by Crippen LogP contribution is 2.45. The molecule has 0 radical (unpaired) electrons. The van der Waals surface area contributed by atoms with Crippen LogP contribution in [0.4, 0.5) is 5.69 Å². The minimum absolute atomic E-state index is 0.313. The quantitative estimate of drug-likeness (QED) is 0.718. The van der Waals surface area contributed by atoms with Crippen LogP contribution in [0.1, 0.15) is 36.8 Å². The van der Waals surface area contributed by atoms with Crippen LogP contribution in [-0.2, 0) is 26.2 Å². The number of nitrogens with zero attached hydrogens (tertiary/aromatic N) is 1. The summed E-state index contributed by atoms with van der Waals surface area (Å²) < 4.78 is 16.7. The van der Waals surface area contributed by atoms with Crippen molar-refractivity contribution in [3.63, 3.8) is 0 Å². The fourth-order valence-corrected chi connectivity index (χ4v) is 4.19. The molecule has 0 bridgehead atoms. The van der Waals surface area contributed by atoms with Gasteiger partial charge in [-0.25, -0.2) is 0 Å². The summed E-state index contributed by atoms with van der Waals surface area (Å²) in [5.41, 5.74) is 1.53. The Balaban J connectivity index is 1.41. The maximum atomic E-state index is 13.1. The molecule has 7 heteroatoms. The molecule has 1 aliphatic heterocycles. The van der Waals surface area contributed by atoms with Gasteiger partial charge >= 0.3 is 5.97 Å². The van der Waals surface area contributed by atoms with Crippen LogP contribution in [0.5, 0.6) is 11.5 Å². The Kier molecular flexibility index (Phi) is 6.08. The fraction of sp³-hybridized carbons (Fsp3) is 0.375. The molecule has 160 valence electrons. The summed E-state index contributed by atoms with van der Waals surface area (Å²) in [6.07, 6.45) is 3.50. The molecular weight excluding hydrogens is 396 g/mol. The van der Waals surface area contributed by atoms with E-state index in [2.05, 4.69) is 11.4 Å². The molecule has 0 atom stereocenters. The van der Waals surface area contributed by atoms with Crippen molar-refractivity contribution in [3.8, 4) is 17.6 Å². The second kappa shape index (κ2) is 9.09. The molecule has 2 aromatic rings. The molecule has 2 aromatic carbocycles. The van der Waals surface area contributed by atoms with Gasteiger partial charge in [0.15, 0.2) is 18.1 Å². The van der Waals surface area contributed by atoms with Crippen molar-refractivity contribution in [3.05, 3.63) is 53.6 Å². The van der Waals surface area contributed by atoms with Gasteiger partial charge in [-0.05, 0) is 48.2 Å². The Hall–Kier alpha value is -3.53. The average molecular weight is 420 g/mol. The van der Waals surface area contributed by atoms with E-state index in [1.54, 1.807) is 24.3 Å². The van der Waals surface area contributed by atoms with E-state index in [9.17, 15) is 9.59 Å². The van der Waals surface area contributed by atoms with Crippen molar-refractivity contribution in [2.45, 2.75) is 37.5 Å². The Morgan fingerprint density at radius 3 is 2.45 bits per heavy atom. The molecule has 4 rings (SSSR count). The molecule has 2 aliphatic rings. The lowest BCUT2D eigenvalue weighted by Crippen LogP contribution is -2.36. The van der Waals surface area contributed by atoms with E-state index in [4.69, 9.17) is 19.5 Å². The van der Waals surface area contributed by atoms with Crippen LogP contribution in [0.25, 0.3) is 0 Å². The summed E-state index contributed by atoms with van der Waals surface area (Å²) in [6, 6.07) is 14.7. The van der Waals surface area contributed by atoms with E-state index in [1.165, 1.54) is 0 Å². The van der Waals surface area contributed by atoms with Crippen molar-refractivity contribution in [2.24, 2.45) is 0 Å². The van der Waals surface area contributed by atoms with Gasteiger partial charge in [0.2, 0.25) is 0 Å². The van der Waals surface area contributed by atoms with E-state index < -0.39 is 11.3 Å². The van der Waals surface area contributed by atoms with Gasteiger partial charge in [0.1, 0.15) is 13.2 Å². The number of fused-ring (bicyclic) bond motifs is 1. The maximum Gasteiger partial charge on any atom is 0.317 e. The number of nitrogens with one attached hydrogen (secondary N) is 1. The van der Waals surface area contributed by atoms with Crippen molar-refractivity contribution >= 4 is 17.6 Å². The van der Waals surface area contributed by atoms with Gasteiger partial charge in [-0.2, -0.15) is 5.26 Å². The largest absolute Gasteiger partial charge is 0.486 e. The molecule has 0 aromatic heterocycles. The van der Waals surface area contributed by atoms with Gasteiger partial charge in [-0.15, -0.1) is 0 Å². The molecule has 7 nitrogen and oxygen atoms in total. The summed E-state index contributed by atoms with van der Waals surface area (Å²) in [5, 5.41) is 11.4. The predicted octanol–water partition coefficient (Wildman–Crippen LogP) is 3.52. The topological polar surface area (TPSA) is 97.7 Å². The van der Waals surface area contributed by atoms with Crippen LogP contribution >= 0.6 is 0 Å². The molecule has 1 fully saturated rings. The van der Waals surface area contributed by atoms with Crippen molar-refractivity contribution < 1.29 is 23.8 Å². The molecular formula is C24H24N2O5. The second-order valence-electron chi connectivity index (χ2n) is 7.80. The normalized spacial score (nSPS) is 16.2. The fourth-order valence-electron chi connectivity index (χ4n) is 4.19. The van der Waals surface area contributed by atoms with Crippen molar-refractivity contribution in [1.29, 1.82) is 5.26 Å². The van der Waals surface area contributed by atoms with Crippen LogP contribution in [0, 0.1) is 11.3 Å². The second-order valence-corrected chi connectivity index (χ2v) is 7.80.